The van der Waals surface area contributed by atoms with Crippen LogP contribution in [0.5, 0.6) is 0 Å². The van der Waals surface area contributed by atoms with Gasteiger partial charge in [-0.25, -0.2) is 17.8 Å². The van der Waals surface area contributed by atoms with Gasteiger partial charge in [0, 0.05) is 35.3 Å². The van der Waals surface area contributed by atoms with Crippen molar-refractivity contribution in [2.24, 2.45) is 0 Å². The first-order valence-electron chi connectivity index (χ1n) is 11.0. The van der Waals surface area contributed by atoms with Gasteiger partial charge in [0.1, 0.15) is 17.3 Å². The first kappa shape index (κ1) is 22.7. The summed E-state index contributed by atoms with van der Waals surface area (Å²) in [7, 11) is -3.71. The van der Waals surface area contributed by atoms with Gasteiger partial charge in [0.25, 0.3) is 5.91 Å². The van der Waals surface area contributed by atoms with Crippen LogP contribution in [-0.4, -0.2) is 40.6 Å². The maximum Gasteiger partial charge on any atom is 0.256 e. The molecular weight excluding hydrogens is 475 g/mol. The summed E-state index contributed by atoms with van der Waals surface area (Å²) in [6.45, 7) is 2.39. The first-order valence-corrected chi connectivity index (χ1v) is 13.3. The van der Waals surface area contributed by atoms with Gasteiger partial charge < -0.3 is 5.32 Å². The number of amides is 1. The highest BCUT2D eigenvalue weighted by atomic mass is 32.2. The van der Waals surface area contributed by atoms with E-state index >= 15 is 0 Å². The van der Waals surface area contributed by atoms with Crippen molar-refractivity contribution in [2.45, 2.75) is 37.1 Å². The van der Waals surface area contributed by atoms with E-state index in [0.717, 1.165) is 19.3 Å². The van der Waals surface area contributed by atoms with Gasteiger partial charge in [0.15, 0.2) is 4.96 Å². The third-order valence-corrected chi connectivity index (χ3v) is 8.82. The van der Waals surface area contributed by atoms with Gasteiger partial charge in [0.05, 0.1) is 4.90 Å². The second-order valence-corrected chi connectivity index (χ2v) is 11.1. The minimum atomic E-state index is -3.71. The fourth-order valence-electron chi connectivity index (χ4n) is 4.26. The number of nitrogens with one attached hydrogen (secondary N) is 1. The van der Waals surface area contributed by atoms with Crippen molar-refractivity contribution in [3.63, 3.8) is 0 Å². The number of halogens is 1. The first-order chi connectivity index (χ1) is 16.3. The van der Waals surface area contributed by atoms with Crippen LogP contribution in [0.1, 0.15) is 36.5 Å². The van der Waals surface area contributed by atoms with Crippen LogP contribution in [0.3, 0.4) is 0 Å². The number of nitrogens with zero attached hydrogens (tertiary/aromatic N) is 3. The highest BCUT2D eigenvalue weighted by molar-refractivity contribution is 7.89. The molecule has 2 aromatic carbocycles. The quantitative estimate of drug-likeness (QED) is 0.419. The lowest BCUT2D eigenvalue weighted by Crippen LogP contribution is -2.41. The minimum Gasteiger partial charge on any atom is -0.306 e. The molecule has 0 saturated carbocycles. The monoisotopic (exact) mass is 498 g/mol. The average Bonchev–Trinajstić information content (AvgIpc) is 3.42. The molecule has 0 aliphatic carbocycles. The lowest BCUT2D eigenvalue weighted by atomic mass is 10.1. The van der Waals surface area contributed by atoms with Crippen molar-refractivity contribution >= 4 is 38.0 Å². The van der Waals surface area contributed by atoms with E-state index < -0.39 is 15.9 Å². The van der Waals surface area contributed by atoms with E-state index in [-0.39, 0.29) is 22.3 Å². The maximum absolute atomic E-state index is 13.4. The van der Waals surface area contributed by atoms with Gasteiger partial charge in [-0.15, -0.1) is 11.3 Å². The van der Waals surface area contributed by atoms with Crippen molar-refractivity contribution in [3.8, 4) is 11.3 Å². The van der Waals surface area contributed by atoms with Gasteiger partial charge >= 0.3 is 0 Å². The van der Waals surface area contributed by atoms with Crippen molar-refractivity contribution < 1.29 is 17.6 Å². The molecule has 5 rings (SSSR count). The molecule has 10 heteroatoms. The van der Waals surface area contributed by atoms with E-state index in [1.54, 1.807) is 34.9 Å². The number of piperidine rings is 1. The SMILES string of the molecule is CC1CCCCN1S(=O)(=O)c1cccc(C(=O)Nc2c(-c3ccc(F)cc3)nc3sccn23)c1. The third-order valence-electron chi connectivity index (χ3n) is 6.06. The number of carbonyl (C=O) groups is 1. The van der Waals surface area contributed by atoms with Crippen LogP contribution in [0.15, 0.2) is 65.0 Å². The van der Waals surface area contributed by atoms with Crippen LogP contribution in [0.25, 0.3) is 16.2 Å². The molecule has 1 aliphatic heterocycles. The number of anilines is 1. The highest BCUT2D eigenvalue weighted by Crippen LogP contribution is 2.31. The number of carbonyl (C=O) groups excluding carboxylic acids is 1. The van der Waals surface area contributed by atoms with Gasteiger partial charge in [0.2, 0.25) is 10.0 Å². The Bertz CT molecular complexity index is 1460. The third kappa shape index (κ3) is 4.13. The molecule has 1 N–H and O–H groups in total. The Morgan fingerprint density at radius 2 is 1.97 bits per heavy atom. The number of hydrogen-bond donors (Lipinski definition) is 1. The Morgan fingerprint density at radius 1 is 1.18 bits per heavy atom. The summed E-state index contributed by atoms with van der Waals surface area (Å²) in [5.74, 6) is -0.387. The van der Waals surface area contributed by atoms with Gasteiger partial charge in [-0.2, -0.15) is 4.31 Å². The van der Waals surface area contributed by atoms with Gasteiger partial charge in [-0.05, 0) is 62.2 Å². The molecular formula is C24H23FN4O3S2. The summed E-state index contributed by atoms with van der Waals surface area (Å²) in [6.07, 6.45) is 4.44. The Hall–Kier alpha value is -3.08. The zero-order chi connectivity index (χ0) is 23.9. The lowest BCUT2D eigenvalue weighted by Gasteiger charge is -2.32. The average molecular weight is 499 g/mol. The van der Waals surface area contributed by atoms with E-state index in [9.17, 15) is 17.6 Å². The number of hydrogen-bond acceptors (Lipinski definition) is 5. The largest absolute Gasteiger partial charge is 0.306 e. The fraction of sp³-hybridized carbons (Fsp3) is 0.250. The number of imidazole rings is 1. The molecule has 1 saturated heterocycles. The second kappa shape index (κ2) is 8.94. The zero-order valence-electron chi connectivity index (χ0n) is 18.4. The summed E-state index contributed by atoms with van der Waals surface area (Å²) in [5.41, 5.74) is 1.38. The predicted molar refractivity (Wildman–Crippen MR) is 130 cm³/mol. The molecule has 0 radical (unpaired) electrons. The zero-order valence-corrected chi connectivity index (χ0v) is 20.1. The molecule has 1 atom stereocenters. The normalized spacial score (nSPS) is 17.2. The van der Waals surface area contributed by atoms with E-state index in [1.807, 2.05) is 12.3 Å². The van der Waals surface area contributed by atoms with Gasteiger partial charge in [-0.3, -0.25) is 9.20 Å². The summed E-state index contributed by atoms with van der Waals surface area (Å²) in [5, 5.41) is 4.73. The number of aromatic nitrogens is 2. The maximum atomic E-state index is 13.4. The number of benzene rings is 2. The molecule has 1 unspecified atom stereocenters. The van der Waals surface area contributed by atoms with Crippen LogP contribution in [0, 0.1) is 5.82 Å². The van der Waals surface area contributed by atoms with E-state index in [2.05, 4.69) is 10.3 Å². The molecule has 34 heavy (non-hydrogen) atoms. The Morgan fingerprint density at radius 3 is 2.74 bits per heavy atom. The van der Waals surface area contributed by atoms with Crippen LogP contribution in [-0.2, 0) is 10.0 Å². The Labute approximate surface area is 200 Å². The minimum absolute atomic E-state index is 0.0758. The summed E-state index contributed by atoms with van der Waals surface area (Å²) in [6, 6.07) is 11.9. The van der Waals surface area contributed by atoms with Crippen LogP contribution >= 0.6 is 11.3 Å². The Balaban J connectivity index is 1.47. The summed E-state index contributed by atoms with van der Waals surface area (Å²) < 4.78 is 43.2. The predicted octanol–water partition coefficient (Wildman–Crippen LogP) is 5.02. The molecule has 0 spiro atoms. The van der Waals surface area contributed by atoms with E-state index in [4.69, 9.17) is 0 Å². The molecule has 2 aromatic heterocycles. The topological polar surface area (TPSA) is 83.8 Å². The number of rotatable bonds is 5. The van der Waals surface area contributed by atoms with Crippen LogP contribution in [0.4, 0.5) is 10.2 Å². The molecule has 7 nitrogen and oxygen atoms in total. The van der Waals surface area contributed by atoms with Crippen molar-refractivity contribution in [1.82, 2.24) is 13.7 Å². The summed E-state index contributed by atoms with van der Waals surface area (Å²) >= 11 is 1.41. The van der Waals surface area contributed by atoms with Crippen LogP contribution < -0.4 is 5.32 Å². The molecule has 3 heterocycles. The van der Waals surface area contributed by atoms with Crippen molar-refractivity contribution in [1.29, 1.82) is 0 Å². The van der Waals surface area contributed by atoms with Crippen molar-refractivity contribution in [2.75, 3.05) is 11.9 Å². The van der Waals surface area contributed by atoms with E-state index in [0.29, 0.717) is 28.6 Å². The second-order valence-electron chi connectivity index (χ2n) is 8.31. The number of fused-ring (bicyclic) bond motifs is 1. The smallest absolute Gasteiger partial charge is 0.256 e. The molecule has 1 fully saturated rings. The standard InChI is InChI=1S/C24H23FN4O3S2/c1-16-5-2-3-12-29(16)34(31,32)20-7-4-6-18(15-20)23(30)27-22-21(17-8-10-19(25)11-9-17)26-24-28(22)13-14-33-24/h4,6-11,13-16H,2-3,5,12H2,1H3,(H,27,30). The molecule has 176 valence electrons. The number of sulfonamides is 1. The van der Waals surface area contributed by atoms with Crippen LogP contribution in [0.2, 0.25) is 0 Å². The van der Waals surface area contributed by atoms with Gasteiger partial charge in [-0.1, -0.05) is 12.5 Å². The Kier molecular flexibility index (Phi) is 5.97. The molecule has 1 aliphatic rings. The van der Waals surface area contributed by atoms with Crippen molar-refractivity contribution in [3.05, 3.63) is 71.5 Å². The molecule has 0 bridgehead atoms. The van der Waals surface area contributed by atoms with E-state index in [1.165, 1.54) is 39.9 Å². The highest BCUT2D eigenvalue weighted by Gasteiger charge is 2.31. The number of thiazole rings is 1. The fourth-order valence-corrected chi connectivity index (χ4v) is 6.72. The lowest BCUT2D eigenvalue weighted by molar-refractivity contribution is 0.102. The summed E-state index contributed by atoms with van der Waals surface area (Å²) in [4.78, 5) is 18.6. The molecule has 1 amide bonds. The molecule has 4 aromatic rings.